The first-order valence-electron chi connectivity index (χ1n) is 11.3. The van der Waals surface area contributed by atoms with Crippen LogP contribution < -0.4 is 16.3 Å². The molecule has 3 aromatic rings. The second kappa shape index (κ2) is 12.5. The van der Waals surface area contributed by atoms with Gasteiger partial charge >= 0.3 is 0 Å². The fraction of sp³-hybridized carbons (Fsp3) is 0.360. The average Bonchev–Trinajstić information content (AvgIpc) is 2.76. The van der Waals surface area contributed by atoms with Gasteiger partial charge in [-0.15, -0.1) is 0 Å². The van der Waals surface area contributed by atoms with Crippen LogP contribution in [-0.2, 0) is 12.3 Å². The molecule has 1 saturated carbocycles. The zero-order chi connectivity index (χ0) is 24.5. The fourth-order valence-corrected chi connectivity index (χ4v) is 3.83. The van der Waals surface area contributed by atoms with Crippen LogP contribution in [0.15, 0.2) is 47.3 Å². The van der Waals surface area contributed by atoms with Crippen molar-refractivity contribution >= 4 is 28.8 Å². The van der Waals surface area contributed by atoms with Crippen LogP contribution in [0.3, 0.4) is 0 Å². The largest absolute Gasteiger partial charge is 0.348 e. The van der Waals surface area contributed by atoms with Crippen molar-refractivity contribution in [2.75, 3.05) is 12.0 Å². The van der Waals surface area contributed by atoms with Gasteiger partial charge in [0.25, 0.3) is 11.5 Å². The third kappa shape index (κ3) is 6.14. The Bertz CT molecular complexity index is 1190. The van der Waals surface area contributed by atoms with Crippen molar-refractivity contribution in [1.82, 2.24) is 9.99 Å². The predicted molar refractivity (Wildman–Crippen MR) is 131 cm³/mol. The van der Waals surface area contributed by atoms with E-state index in [0.717, 1.165) is 10.7 Å². The molecule has 5 nitrogen and oxygen atoms in total. The van der Waals surface area contributed by atoms with Gasteiger partial charge < -0.3 is 10.7 Å². The standard InChI is InChI=1S/C21H20F3N3O2S.C4H8/c1-2-9-26-27-17(12-30-24)19(15-7-4-8-16(23)18(15)21(27)29)20(28)25-11-13-5-3-6-14(22)10-13;1-2-4-3-1/h3-8,10,26H,2,9,11-12H2,1H3,(H,25,28);1-4H2. The number of aromatic nitrogens is 1. The van der Waals surface area contributed by atoms with Crippen LogP contribution in [0.25, 0.3) is 10.8 Å². The quantitative estimate of drug-likeness (QED) is 0.416. The lowest BCUT2D eigenvalue weighted by molar-refractivity contribution is 0.0951. The number of carbonyl (C=O) groups excluding carboxylic acids is 1. The number of nitrogens with one attached hydrogen (secondary N) is 2. The Morgan fingerprint density at radius 3 is 2.41 bits per heavy atom. The van der Waals surface area contributed by atoms with Crippen LogP contribution in [0.1, 0.15) is 60.6 Å². The molecule has 0 atom stereocenters. The highest BCUT2D eigenvalue weighted by molar-refractivity contribution is 7.93. The van der Waals surface area contributed by atoms with Crippen LogP contribution in [0, 0.1) is 11.6 Å². The maximum absolute atomic E-state index is 14.5. The number of hydrogen-bond donors (Lipinski definition) is 2. The molecule has 2 aromatic carbocycles. The molecule has 1 aromatic heterocycles. The molecule has 0 aliphatic heterocycles. The fourth-order valence-electron chi connectivity index (χ4n) is 3.45. The number of nitrogens with zero attached hydrogens (tertiary/aromatic N) is 1. The zero-order valence-corrected chi connectivity index (χ0v) is 19.8. The summed E-state index contributed by atoms with van der Waals surface area (Å²) in [5, 5.41) is 2.49. The summed E-state index contributed by atoms with van der Waals surface area (Å²) >= 11 is -0.0513. The summed E-state index contributed by atoms with van der Waals surface area (Å²) in [5.41, 5.74) is 2.76. The van der Waals surface area contributed by atoms with Gasteiger partial charge in [-0.05, 0) is 30.2 Å². The molecule has 1 aliphatic carbocycles. The minimum atomic E-state index is -0.775. The minimum Gasteiger partial charge on any atom is -0.348 e. The predicted octanol–water partition coefficient (Wildman–Crippen LogP) is 5.84. The number of pyridine rings is 1. The SMILES string of the molecule is C1CCC1.CCCNn1c(CSF)c(C(=O)NCc2cccc(F)c2)c2cccc(F)c2c1=O. The second-order valence-electron chi connectivity index (χ2n) is 8.01. The van der Waals surface area contributed by atoms with E-state index in [0.29, 0.717) is 18.5 Å². The third-order valence-corrected chi connectivity index (χ3v) is 5.92. The third-order valence-electron chi connectivity index (χ3n) is 5.54. The molecule has 34 heavy (non-hydrogen) atoms. The lowest BCUT2D eigenvalue weighted by Gasteiger charge is -2.19. The Labute approximate surface area is 201 Å². The molecule has 1 heterocycles. The summed E-state index contributed by atoms with van der Waals surface area (Å²) in [7, 11) is 0. The zero-order valence-electron chi connectivity index (χ0n) is 19.0. The van der Waals surface area contributed by atoms with Gasteiger partial charge in [0.1, 0.15) is 11.6 Å². The van der Waals surface area contributed by atoms with Crippen molar-refractivity contribution in [3.8, 4) is 0 Å². The van der Waals surface area contributed by atoms with Gasteiger partial charge in [-0.25, -0.2) is 13.5 Å². The van der Waals surface area contributed by atoms with Crippen LogP contribution >= 0.6 is 12.1 Å². The number of hydrogen-bond acceptors (Lipinski definition) is 4. The molecule has 2 N–H and O–H groups in total. The van der Waals surface area contributed by atoms with Crippen molar-refractivity contribution in [2.45, 2.75) is 51.3 Å². The van der Waals surface area contributed by atoms with E-state index < -0.39 is 23.1 Å². The summed E-state index contributed by atoms with van der Waals surface area (Å²) < 4.78 is 42.2. The molecule has 0 unspecified atom stereocenters. The number of fused-ring (bicyclic) bond motifs is 1. The number of carbonyl (C=O) groups is 1. The van der Waals surface area contributed by atoms with Gasteiger partial charge in [-0.3, -0.25) is 9.59 Å². The molecule has 1 amide bonds. The summed E-state index contributed by atoms with van der Waals surface area (Å²) in [5.74, 6) is -2.13. The maximum Gasteiger partial charge on any atom is 0.279 e. The Morgan fingerprint density at radius 1 is 1.09 bits per heavy atom. The number of benzene rings is 2. The van der Waals surface area contributed by atoms with E-state index >= 15 is 0 Å². The average molecular weight is 492 g/mol. The van der Waals surface area contributed by atoms with E-state index in [1.807, 2.05) is 6.92 Å². The highest BCUT2D eigenvalue weighted by Gasteiger charge is 2.24. The lowest BCUT2D eigenvalue weighted by atomic mass is 10.0. The van der Waals surface area contributed by atoms with Crippen LogP contribution in [0.4, 0.5) is 12.7 Å². The number of halogens is 3. The van der Waals surface area contributed by atoms with Crippen molar-refractivity contribution in [3.05, 3.63) is 81.3 Å². The Kier molecular flexibility index (Phi) is 9.44. The first kappa shape index (κ1) is 25.7. The van der Waals surface area contributed by atoms with Gasteiger partial charge in [-0.1, -0.05) is 56.9 Å². The molecular formula is C25H28F3N3O2S. The van der Waals surface area contributed by atoms with Crippen molar-refractivity contribution in [1.29, 1.82) is 0 Å². The van der Waals surface area contributed by atoms with Crippen molar-refractivity contribution in [2.24, 2.45) is 0 Å². The normalized spacial score (nSPS) is 12.5. The van der Waals surface area contributed by atoms with Crippen molar-refractivity contribution in [3.63, 3.8) is 0 Å². The molecule has 4 rings (SSSR count). The molecule has 0 saturated heterocycles. The maximum atomic E-state index is 14.5. The van der Waals surface area contributed by atoms with Crippen LogP contribution in [0.2, 0.25) is 0 Å². The van der Waals surface area contributed by atoms with Crippen LogP contribution in [0.5, 0.6) is 0 Å². The smallest absolute Gasteiger partial charge is 0.279 e. The monoisotopic (exact) mass is 491 g/mol. The van der Waals surface area contributed by atoms with E-state index in [9.17, 15) is 22.3 Å². The lowest BCUT2D eigenvalue weighted by Crippen LogP contribution is -2.36. The first-order chi connectivity index (χ1) is 16.5. The van der Waals surface area contributed by atoms with Gasteiger partial charge in [0, 0.05) is 18.5 Å². The van der Waals surface area contributed by atoms with E-state index in [-0.39, 0.29) is 46.5 Å². The topological polar surface area (TPSA) is 63.1 Å². The molecule has 0 radical (unpaired) electrons. The highest BCUT2D eigenvalue weighted by atomic mass is 32.2. The highest BCUT2D eigenvalue weighted by Crippen LogP contribution is 2.25. The molecular weight excluding hydrogens is 463 g/mol. The molecule has 0 bridgehead atoms. The minimum absolute atomic E-state index is 0.00532. The van der Waals surface area contributed by atoms with E-state index in [4.69, 9.17) is 0 Å². The Hall–Kier alpha value is -2.94. The van der Waals surface area contributed by atoms with E-state index in [2.05, 4.69) is 10.7 Å². The molecule has 1 aliphatic rings. The molecule has 1 fully saturated rings. The van der Waals surface area contributed by atoms with Gasteiger partial charge in [0.05, 0.1) is 34.5 Å². The van der Waals surface area contributed by atoms with E-state index in [1.54, 1.807) is 6.07 Å². The summed E-state index contributed by atoms with van der Waals surface area (Å²) in [6.45, 7) is 2.25. The van der Waals surface area contributed by atoms with Gasteiger partial charge in [0.15, 0.2) is 0 Å². The summed E-state index contributed by atoms with van der Waals surface area (Å²) in [6.07, 6.45) is 6.66. The van der Waals surface area contributed by atoms with Gasteiger partial charge in [0.2, 0.25) is 0 Å². The number of amides is 1. The molecule has 182 valence electrons. The number of rotatable bonds is 8. The first-order valence-corrected chi connectivity index (χ1v) is 12.2. The Balaban J connectivity index is 0.000000732. The molecule has 9 heteroatoms. The second-order valence-corrected chi connectivity index (χ2v) is 8.52. The summed E-state index contributed by atoms with van der Waals surface area (Å²) in [6, 6.07) is 9.69. The summed E-state index contributed by atoms with van der Waals surface area (Å²) in [4.78, 5) is 26.0. The van der Waals surface area contributed by atoms with Crippen molar-refractivity contribution < 1.29 is 17.5 Å². The van der Waals surface area contributed by atoms with E-state index in [1.165, 1.54) is 56.0 Å². The Morgan fingerprint density at radius 2 is 1.79 bits per heavy atom. The molecule has 0 spiro atoms. The van der Waals surface area contributed by atoms with Gasteiger partial charge in [-0.2, -0.15) is 3.89 Å². The van der Waals surface area contributed by atoms with Crippen LogP contribution in [-0.4, -0.2) is 17.1 Å².